The molecule has 0 spiro atoms. The summed E-state index contributed by atoms with van der Waals surface area (Å²) in [5.74, 6) is -1.96. The highest BCUT2D eigenvalue weighted by atomic mass is 79.9. The molecule has 5 heterocycles. The number of nitrogens with two attached hydrogens (primary N) is 1. The lowest BCUT2D eigenvalue weighted by Gasteiger charge is -2.32. The number of aromatic carboxylic acids is 2. The molecule has 3 aliphatic heterocycles. The molecule has 0 amide bonds. The molecule has 11 N–H and O–H groups in total. The second-order valence-electron chi connectivity index (χ2n) is 31.9. The van der Waals surface area contributed by atoms with Crippen molar-refractivity contribution < 1.29 is 77.2 Å². The van der Waals surface area contributed by atoms with Crippen molar-refractivity contribution in [3.05, 3.63) is 359 Å². The smallest absolute Gasteiger partial charge is 0.481 e. The van der Waals surface area contributed by atoms with Crippen molar-refractivity contribution in [2.45, 2.75) is 117 Å². The highest BCUT2D eigenvalue weighted by Crippen LogP contribution is 2.44. The maximum absolute atomic E-state index is 11.8. The van der Waals surface area contributed by atoms with Crippen LogP contribution in [0.3, 0.4) is 0 Å². The number of nitrogens with one attached hydrogen (secondary N) is 2. The fraction of sp³-hybridized carbons (Fsp3) is 0.180. The summed E-state index contributed by atoms with van der Waals surface area (Å²) < 4.78 is 36.3. The van der Waals surface area contributed by atoms with Crippen molar-refractivity contribution in [2.24, 2.45) is 10.9 Å². The van der Waals surface area contributed by atoms with Crippen LogP contribution in [-0.4, -0.2) is 137 Å². The number of amidine groups is 1. The molecule has 1 atom stereocenters. The Bertz CT molecular complexity index is 5760. The van der Waals surface area contributed by atoms with Crippen LogP contribution in [0.5, 0.6) is 0 Å². The number of aliphatic carboxylic acids is 1. The van der Waals surface area contributed by atoms with Gasteiger partial charge in [-0.15, -0.1) is 0 Å². The number of nitriles is 2. The van der Waals surface area contributed by atoms with E-state index in [9.17, 15) is 24.0 Å². The van der Waals surface area contributed by atoms with Crippen LogP contribution in [0.25, 0.3) is 67.8 Å². The van der Waals surface area contributed by atoms with E-state index in [0.29, 0.717) is 38.9 Å². The molecule has 3 fully saturated rings. The van der Waals surface area contributed by atoms with Gasteiger partial charge in [-0.2, -0.15) is 10.5 Å². The largest absolute Gasteiger partial charge is 0.494 e. The lowest BCUT2D eigenvalue weighted by atomic mass is 9.49. The standard InChI is InChI=1S/C22H18N4O.C22H15N3.C14H10O2.C13H17BO4.C12H23B2O4.C8H5NO.C7H5BrO2.C2H4O2.H3N/c23-21(26-27)17-11-13-18(14-12-17)22-24-19(15-7-3-1-4-8-15)20(25-22)16-9-5-2-6-10-16;23-15-16-11-13-19(14-12-16)22-24-20(17-7-3-1-4-8-17)21(25-22)18-9-5-2-6-10-18;15-13(11-7-3-1-4-8-11)14(16)12-9-5-2-6-10-12;1-12(2)13(3,4)18-14(17-12)10-7-5-9(6-8-10)11(15)16;1-9(2)10(3,4)16-13(15-9)14-17-11(5,6)12(7,8)18-14;9-5-7-1-3-8(6-10)4-2-7;8-6-3-1-5(2-4-6)7(9)10;1-2(3)4;/h1-14,27H,(H2,23,26)(H,24,25);1-14H,(H,24,25);1-10H;5-8H,1-4H3,(H,15,16);1H2,2-8H3;1-4,6H;1-4H,(H,9,10);1H3,(H,3,4);1H3/q;;;;+1;;;;. The van der Waals surface area contributed by atoms with Crippen molar-refractivity contribution in [3.63, 3.8) is 0 Å². The Balaban J connectivity index is 0.000000189. The first-order valence-corrected chi connectivity index (χ1v) is 41.2. The lowest BCUT2D eigenvalue weighted by molar-refractivity contribution is -0.134. The molecule has 0 radical (unpaired) electrons. The Morgan fingerprint density at radius 1 is 0.419 bits per heavy atom. The third kappa shape index (κ3) is 27.2. The maximum atomic E-state index is 11.8. The summed E-state index contributed by atoms with van der Waals surface area (Å²) in [6.45, 7) is 27.0. The van der Waals surface area contributed by atoms with Gasteiger partial charge in [0.2, 0.25) is 17.2 Å². The normalized spacial score (nSPS) is 15.3. The number of halogens is 1. The van der Waals surface area contributed by atoms with Crippen molar-refractivity contribution in [2.75, 3.05) is 0 Å². The van der Waals surface area contributed by atoms with Crippen LogP contribution in [0, 0.1) is 29.6 Å². The number of hydrogen-bond acceptors (Lipinski definition) is 19. The molecule has 3 aliphatic rings. The van der Waals surface area contributed by atoms with E-state index in [1.54, 1.807) is 133 Å². The van der Waals surface area contributed by atoms with E-state index in [1.807, 2.05) is 216 Å². The fourth-order valence-electron chi connectivity index (χ4n) is 12.2. The van der Waals surface area contributed by atoms with E-state index >= 15 is 0 Å². The van der Waals surface area contributed by atoms with E-state index in [1.165, 1.54) is 0 Å². The Kier molecular flexibility index (Phi) is 35.2. The van der Waals surface area contributed by atoms with Gasteiger partial charge in [-0.25, -0.2) is 19.6 Å². The van der Waals surface area contributed by atoms with Gasteiger partial charge >= 0.3 is 33.1 Å². The minimum atomic E-state index is -0.935. The second kappa shape index (κ2) is 45.3. The summed E-state index contributed by atoms with van der Waals surface area (Å²) in [4.78, 5) is 80.4. The van der Waals surface area contributed by atoms with Crippen molar-refractivity contribution in [1.29, 1.82) is 10.5 Å². The van der Waals surface area contributed by atoms with Crippen LogP contribution >= 0.6 is 15.9 Å². The minimum Gasteiger partial charge on any atom is -0.481 e. The van der Waals surface area contributed by atoms with Crippen LogP contribution in [0.2, 0.25) is 0 Å². The number of aromatic amines is 2. The number of carboxylic acid groups (broad SMARTS) is 3. The zero-order valence-corrected chi connectivity index (χ0v) is 75.1. The average Bonchev–Trinajstić information content (AvgIpc) is 1.69. The number of benzene rings is 11. The number of aldehydes is 1. The third-order valence-electron chi connectivity index (χ3n) is 21.3. The Labute approximate surface area is 760 Å². The van der Waals surface area contributed by atoms with Crippen LogP contribution in [0.15, 0.2) is 313 Å². The lowest BCUT2D eigenvalue weighted by Crippen LogP contribution is -2.42. The first-order valence-electron chi connectivity index (χ1n) is 40.4. The molecule has 29 heteroatoms. The molecule has 13 aromatic rings. The van der Waals surface area contributed by atoms with Crippen LogP contribution in [0.4, 0.5) is 0 Å². The van der Waals surface area contributed by atoms with Crippen LogP contribution in [-0.2, 0) is 32.7 Å². The zero-order valence-electron chi connectivity index (χ0n) is 73.5. The number of nitrogens with zero attached hydrogens (tertiary/aromatic N) is 5. The van der Waals surface area contributed by atoms with Crippen molar-refractivity contribution in [1.82, 2.24) is 26.1 Å². The maximum Gasteiger partial charge on any atom is 0.494 e. The summed E-state index contributed by atoms with van der Waals surface area (Å²) in [6, 6.07) is 96.2. The Morgan fingerprint density at radius 3 is 1.05 bits per heavy atom. The SMILES string of the molecule is CC(=O)O.CC1(C)OB(c2ccc(C(=O)O)cc2)OC1(C)C.N.N#Cc1ccc(-c2nc(-c3ccccc3)c(-c3ccccc3)[nH]2)cc1.N#Cc1ccc(C=O)cc1.N/C(=N/O)c1ccc(-c2nc(-c3ccccc3)c(-c3ccccc3)[nH]2)cc1.O=C(C(=O)c1ccccc1)c1ccccc1.O=C(O)c1ccc(Br)cc1.[CH2+]C1(C)OB(B2OC(C)(C)C(C)(C)O2)OC1(C)C. The number of oxime groups is 1. The monoisotopic (exact) mass is 1790 g/mol. The average molecular weight is 1800 g/mol. The first kappa shape index (κ1) is 100. The fourth-order valence-corrected chi connectivity index (χ4v) is 12.5. The van der Waals surface area contributed by atoms with Crippen molar-refractivity contribution >= 4 is 84.1 Å². The number of rotatable bonds is 15. The summed E-state index contributed by atoms with van der Waals surface area (Å²) in [5.41, 5.74) is 17.7. The number of imidazole rings is 2. The van der Waals surface area contributed by atoms with Crippen LogP contribution < -0.4 is 17.3 Å². The molecule has 3 saturated heterocycles. The van der Waals surface area contributed by atoms with Crippen molar-refractivity contribution in [3.8, 4) is 79.9 Å². The Hall–Kier alpha value is -14.2. The van der Waals surface area contributed by atoms with Gasteiger partial charge in [0, 0.05) is 74.0 Å². The predicted octanol–water partition coefficient (Wildman–Crippen LogP) is 20.1. The number of carbonyl (C=O) groups excluding carboxylic acids is 3. The van der Waals surface area contributed by atoms with Gasteiger partial charge in [0.25, 0.3) is 5.97 Å². The van der Waals surface area contributed by atoms with E-state index < -0.39 is 61.8 Å². The molecule has 16 rings (SSSR count). The number of hydrogen-bond donors (Lipinski definition) is 8. The van der Waals surface area contributed by atoms with Gasteiger partial charge in [-0.1, -0.05) is 252 Å². The predicted molar refractivity (Wildman–Crippen MR) is 506 cm³/mol. The molecule has 129 heavy (non-hydrogen) atoms. The van der Waals surface area contributed by atoms with E-state index in [4.69, 9.17) is 79.5 Å². The minimum absolute atomic E-state index is 0. The summed E-state index contributed by atoms with van der Waals surface area (Å²) in [7, 11) is -1.50. The molecular weight excluding hydrogens is 1700 g/mol. The van der Waals surface area contributed by atoms with E-state index in [-0.39, 0.29) is 40.0 Å². The van der Waals surface area contributed by atoms with Gasteiger partial charge in [0.05, 0.1) is 86.5 Å². The molecule has 656 valence electrons. The quantitative estimate of drug-likeness (QED) is 0.00544. The highest BCUT2D eigenvalue weighted by molar-refractivity contribution is 9.10. The first-order chi connectivity index (χ1) is 60.8. The molecule has 1 unspecified atom stereocenters. The molecule has 0 aliphatic carbocycles. The van der Waals surface area contributed by atoms with E-state index in [0.717, 1.165) is 91.0 Å². The molecular formula is C100H100B3BrN9O16+. The van der Waals surface area contributed by atoms with Gasteiger partial charge in [0.15, 0.2) is 5.84 Å². The van der Waals surface area contributed by atoms with Gasteiger partial charge in [-0.05, 0) is 147 Å². The van der Waals surface area contributed by atoms with Gasteiger partial charge in [0.1, 0.15) is 23.5 Å². The molecule has 11 aromatic carbocycles. The number of ketones is 2. The topological polar surface area (TPSA) is 417 Å². The van der Waals surface area contributed by atoms with Gasteiger partial charge < -0.3 is 70.3 Å². The number of aromatic nitrogens is 4. The molecule has 0 bridgehead atoms. The van der Waals surface area contributed by atoms with Crippen LogP contribution in [0.1, 0.15) is 152 Å². The summed E-state index contributed by atoms with van der Waals surface area (Å²) in [5, 5.41) is 53.9. The summed E-state index contributed by atoms with van der Waals surface area (Å²) in [6.07, 6.45) is 0.751. The third-order valence-corrected chi connectivity index (χ3v) is 21.8. The second-order valence-corrected chi connectivity index (χ2v) is 32.8. The van der Waals surface area contributed by atoms with E-state index in [2.05, 4.69) is 80.4 Å². The molecule has 2 aromatic heterocycles. The molecule has 25 nitrogen and oxygen atoms in total. The van der Waals surface area contributed by atoms with Gasteiger partial charge in [-0.3, -0.25) is 19.2 Å². The zero-order chi connectivity index (χ0) is 93.2. The number of carboxylic acids is 3. The molecule has 0 saturated carbocycles. The number of H-pyrrole nitrogens is 2. The Morgan fingerprint density at radius 2 is 0.721 bits per heavy atom. The summed E-state index contributed by atoms with van der Waals surface area (Å²) >= 11 is 3.20. The highest BCUT2D eigenvalue weighted by Gasteiger charge is 2.66. The number of carbonyl (C=O) groups is 6. The number of Topliss-reactive ketones (excluding diaryl/α,β-unsaturated/α-hetero) is 2.